The molecule has 3 N–H and O–H groups in total. The summed E-state index contributed by atoms with van der Waals surface area (Å²) in [5, 5.41) is 8.14. The molecule has 0 spiro atoms. The Hall–Kier alpha value is -8.12. The van der Waals surface area contributed by atoms with E-state index in [1.165, 1.54) is 33.0 Å². The second-order valence-corrected chi connectivity index (χ2v) is 16.6. The molecule has 4 nitrogen and oxygen atoms in total. The van der Waals surface area contributed by atoms with Crippen molar-refractivity contribution in [1.82, 2.24) is 0 Å². The second kappa shape index (κ2) is 21.9. The molecule has 10 aromatic carbocycles. The van der Waals surface area contributed by atoms with Gasteiger partial charge in [0.15, 0.2) is 0 Å². The number of halogens is 1. The van der Waals surface area contributed by atoms with Gasteiger partial charge in [0, 0.05) is 54.2 Å². The van der Waals surface area contributed by atoms with Crippen molar-refractivity contribution in [3.63, 3.8) is 0 Å². The van der Waals surface area contributed by atoms with E-state index in [0.29, 0.717) is 0 Å². The quantitative estimate of drug-likeness (QED) is 0.163. The average Bonchev–Trinajstić information content (AvgIpc) is 3.95. The number of nitrogens with one attached hydrogen (secondary N) is 1. The van der Waals surface area contributed by atoms with Gasteiger partial charge in [-0.15, -0.1) is 0 Å². The summed E-state index contributed by atoms with van der Waals surface area (Å²) in [4.78, 5) is 0. The van der Waals surface area contributed by atoms with E-state index < -0.39 is 0 Å². The minimum Gasteiger partial charge on any atom is -0.455 e. The summed E-state index contributed by atoms with van der Waals surface area (Å²) in [5.41, 5.74) is 21.7. The smallest absolute Gasteiger partial charge is 0.143 e. The molecule has 0 saturated heterocycles. The van der Waals surface area contributed by atoms with E-state index in [9.17, 15) is 0 Å². The molecule has 0 aliphatic rings. The first-order chi connectivity index (χ1) is 32.0. The summed E-state index contributed by atoms with van der Waals surface area (Å²) in [5.74, 6) is 0. The van der Waals surface area contributed by atoms with E-state index in [-0.39, 0.29) is 22.3 Å². The number of nitrogen functional groups attached to an aromatic ring is 1. The fourth-order valence-corrected chi connectivity index (χ4v) is 8.43. The molecule has 0 unspecified atom stereocenters. The second-order valence-electron chi connectivity index (χ2n) is 15.7. The van der Waals surface area contributed by atoms with Gasteiger partial charge in [0.2, 0.25) is 0 Å². The highest BCUT2D eigenvalue weighted by Crippen LogP contribution is 2.38. The number of anilines is 3. The zero-order chi connectivity index (χ0) is 44.0. The van der Waals surface area contributed by atoms with Gasteiger partial charge in [0.05, 0.1) is 0 Å². The molecular formula is C63H55BrN2O2. The third-order valence-electron chi connectivity index (χ3n) is 11.5. The standard InChI is InChI=1S/C30H21NO.C18H11BrO.C12H11N.3CH4/c1-2-7-21(8-3-1)22-13-17-24(18-14-22)31-25-19-15-23(16-20-25)26-10-6-11-28-27-9-4-5-12-29(27)32-30(26)28;19-13-10-8-12(9-11-13)14-5-3-6-16-15-4-1-2-7-17(15)20-18(14)16;13-12-8-6-11(7-9-12)10-4-2-1-3-5-10;;;/h1-20,31H;1-11H;1-9H,13H2;3*1H4. The van der Waals surface area contributed by atoms with Crippen molar-refractivity contribution in [2.45, 2.75) is 22.3 Å². The van der Waals surface area contributed by atoms with Crippen LogP contribution in [0.2, 0.25) is 0 Å². The van der Waals surface area contributed by atoms with Crippen molar-refractivity contribution in [3.8, 4) is 44.5 Å². The highest BCUT2D eigenvalue weighted by atomic mass is 79.9. The maximum atomic E-state index is 6.20. The minimum absolute atomic E-state index is 0. The third-order valence-corrected chi connectivity index (χ3v) is 12.0. The van der Waals surface area contributed by atoms with E-state index in [0.717, 1.165) is 76.9 Å². The number of furan rings is 2. The molecule has 2 aromatic heterocycles. The van der Waals surface area contributed by atoms with Gasteiger partial charge in [-0.1, -0.05) is 220 Å². The lowest BCUT2D eigenvalue weighted by atomic mass is 10.0. The molecule has 0 aliphatic carbocycles. The summed E-state index contributed by atoms with van der Waals surface area (Å²) in [7, 11) is 0. The van der Waals surface area contributed by atoms with Crippen molar-refractivity contribution in [2.24, 2.45) is 0 Å². The highest BCUT2D eigenvalue weighted by molar-refractivity contribution is 9.10. The fourth-order valence-electron chi connectivity index (χ4n) is 8.16. The zero-order valence-corrected chi connectivity index (χ0v) is 37.0. The lowest BCUT2D eigenvalue weighted by Crippen LogP contribution is -1.90. The van der Waals surface area contributed by atoms with Gasteiger partial charge in [-0.05, 0) is 94.0 Å². The van der Waals surface area contributed by atoms with Crippen molar-refractivity contribution in [3.05, 3.63) is 247 Å². The molecule has 0 bridgehead atoms. The predicted molar refractivity (Wildman–Crippen MR) is 298 cm³/mol. The Morgan fingerprint density at radius 3 is 1.09 bits per heavy atom. The first-order valence-corrected chi connectivity index (χ1v) is 22.3. The van der Waals surface area contributed by atoms with Crippen LogP contribution in [0.4, 0.5) is 17.1 Å². The molecule has 0 saturated carbocycles. The van der Waals surface area contributed by atoms with E-state index in [4.69, 9.17) is 14.6 Å². The Kier molecular flexibility index (Phi) is 15.4. The van der Waals surface area contributed by atoms with Crippen LogP contribution in [0.3, 0.4) is 0 Å². The molecule has 336 valence electrons. The predicted octanol–water partition coefficient (Wildman–Crippen LogP) is 19.5. The largest absolute Gasteiger partial charge is 0.455 e. The average molecular weight is 952 g/mol. The van der Waals surface area contributed by atoms with Gasteiger partial charge in [0.25, 0.3) is 0 Å². The van der Waals surface area contributed by atoms with Crippen molar-refractivity contribution in [1.29, 1.82) is 0 Å². The Balaban J connectivity index is 0.000000163. The van der Waals surface area contributed by atoms with E-state index in [1.54, 1.807) is 0 Å². The van der Waals surface area contributed by atoms with E-state index in [2.05, 4.69) is 185 Å². The van der Waals surface area contributed by atoms with Crippen LogP contribution < -0.4 is 11.1 Å². The monoisotopic (exact) mass is 950 g/mol. The lowest BCUT2D eigenvalue weighted by molar-refractivity contribution is 0.669. The van der Waals surface area contributed by atoms with Crippen molar-refractivity contribution >= 4 is 76.9 Å². The number of nitrogens with two attached hydrogens (primary N) is 1. The number of hydrogen-bond donors (Lipinski definition) is 2. The van der Waals surface area contributed by atoms with Crippen LogP contribution >= 0.6 is 15.9 Å². The maximum Gasteiger partial charge on any atom is 0.143 e. The summed E-state index contributed by atoms with van der Waals surface area (Å²) in [6.07, 6.45) is 0. The molecular weight excluding hydrogens is 897 g/mol. The van der Waals surface area contributed by atoms with Crippen LogP contribution in [-0.2, 0) is 0 Å². The molecule has 0 fully saturated rings. The number of fused-ring (bicyclic) bond motifs is 6. The van der Waals surface area contributed by atoms with Gasteiger partial charge in [-0.25, -0.2) is 0 Å². The van der Waals surface area contributed by atoms with Gasteiger partial charge in [0.1, 0.15) is 22.3 Å². The molecule has 5 heteroatoms. The van der Waals surface area contributed by atoms with Gasteiger partial charge >= 0.3 is 0 Å². The first-order valence-electron chi connectivity index (χ1n) is 21.5. The third kappa shape index (κ3) is 10.4. The maximum absolute atomic E-state index is 6.20. The first kappa shape index (κ1) is 47.8. The topological polar surface area (TPSA) is 64.3 Å². The molecule has 0 amide bonds. The van der Waals surface area contributed by atoms with Crippen LogP contribution in [0.25, 0.3) is 88.4 Å². The van der Waals surface area contributed by atoms with Crippen LogP contribution in [0, 0.1) is 0 Å². The zero-order valence-electron chi connectivity index (χ0n) is 35.4. The lowest BCUT2D eigenvalue weighted by Gasteiger charge is -2.09. The number of hydrogen-bond acceptors (Lipinski definition) is 4. The fraction of sp³-hybridized carbons (Fsp3) is 0.0476. The Bertz CT molecular complexity index is 3490. The Labute approximate surface area is 408 Å². The summed E-state index contributed by atoms with van der Waals surface area (Å²) >= 11 is 3.47. The SMILES string of the molecule is Brc1ccc(-c2cccc3c2oc2ccccc23)cc1.C.C.C.Nc1ccc(-c2ccccc2)cc1.c1ccc(-c2ccc(Nc3ccc(-c4cccc5c4oc4ccccc45)cc3)cc2)cc1. The van der Waals surface area contributed by atoms with Crippen molar-refractivity contribution < 1.29 is 8.83 Å². The Morgan fingerprint density at radius 1 is 0.309 bits per heavy atom. The number of rotatable bonds is 6. The normalized spacial score (nSPS) is 10.4. The van der Waals surface area contributed by atoms with Crippen LogP contribution in [0.1, 0.15) is 22.3 Å². The molecule has 12 rings (SSSR count). The van der Waals surface area contributed by atoms with Crippen LogP contribution in [0.15, 0.2) is 256 Å². The summed E-state index contributed by atoms with van der Waals surface area (Å²) in [6.45, 7) is 0. The number of para-hydroxylation sites is 4. The number of benzene rings is 10. The molecule has 12 aromatic rings. The molecule has 2 heterocycles. The highest BCUT2D eigenvalue weighted by Gasteiger charge is 2.13. The Morgan fingerprint density at radius 2 is 0.647 bits per heavy atom. The van der Waals surface area contributed by atoms with Gasteiger partial charge in [-0.2, -0.15) is 0 Å². The van der Waals surface area contributed by atoms with E-state index >= 15 is 0 Å². The molecule has 0 radical (unpaired) electrons. The minimum atomic E-state index is 0. The van der Waals surface area contributed by atoms with Gasteiger partial charge in [-0.3, -0.25) is 0 Å². The molecule has 0 aliphatic heterocycles. The van der Waals surface area contributed by atoms with E-state index in [1.807, 2.05) is 78.9 Å². The van der Waals surface area contributed by atoms with Crippen LogP contribution in [0.5, 0.6) is 0 Å². The molecule has 0 atom stereocenters. The van der Waals surface area contributed by atoms with Crippen molar-refractivity contribution in [2.75, 3.05) is 11.1 Å². The molecule has 68 heavy (non-hydrogen) atoms. The van der Waals surface area contributed by atoms with Gasteiger partial charge < -0.3 is 19.9 Å². The van der Waals surface area contributed by atoms with Crippen LogP contribution in [-0.4, -0.2) is 0 Å². The summed E-state index contributed by atoms with van der Waals surface area (Å²) < 4.78 is 13.3. The summed E-state index contributed by atoms with van der Waals surface area (Å²) in [6, 6.07) is 82.9.